The minimum Gasteiger partial charge on any atom is -0.462 e. The van der Waals surface area contributed by atoms with Crippen LogP contribution in [0.3, 0.4) is 0 Å². The molecule has 0 aromatic heterocycles. The largest absolute Gasteiger partial charge is 0.462 e. The van der Waals surface area contributed by atoms with Crippen LogP contribution in [0.5, 0.6) is 0 Å². The Morgan fingerprint density at radius 1 is 0.317 bits per heavy atom. The Labute approximate surface area is 392 Å². The van der Waals surface area contributed by atoms with Crippen molar-refractivity contribution in [3.05, 3.63) is 24.3 Å². The van der Waals surface area contributed by atoms with E-state index in [1.54, 1.807) is 0 Å². The lowest BCUT2D eigenvalue weighted by Crippen LogP contribution is -2.30. The number of rotatable bonds is 51. The maximum Gasteiger partial charge on any atom is 0.306 e. The summed E-state index contributed by atoms with van der Waals surface area (Å²) in [6, 6.07) is 0. The summed E-state index contributed by atoms with van der Waals surface area (Å²) in [4.78, 5) is 38.0. The molecule has 0 amide bonds. The van der Waals surface area contributed by atoms with Crippen LogP contribution in [0.15, 0.2) is 24.3 Å². The van der Waals surface area contributed by atoms with Gasteiger partial charge < -0.3 is 14.2 Å². The normalized spacial score (nSPS) is 12.1. The monoisotopic (exact) mass is 887 g/mol. The first-order valence-corrected chi connectivity index (χ1v) is 27.9. The first kappa shape index (κ1) is 60.9. The van der Waals surface area contributed by atoms with Gasteiger partial charge in [-0.3, -0.25) is 14.4 Å². The van der Waals surface area contributed by atoms with Crippen LogP contribution in [0.2, 0.25) is 0 Å². The lowest BCUT2D eigenvalue weighted by Gasteiger charge is -2.18. The maximum absolute atomic E-state index is 12.8. The Morgan fingerprint density at radius 2 is 0.556 bits per heavy atom. The highest BCUT2D eigenvalue weighted by Gasteiger charge is 2.19. The van der Waals surface area contributed by atoms with Gasteiger partial charge in [0.25, 0.3) is 0 Å². The number of unbranched alkanes of at least 4 members (excludes halogenated alkanes) is 37. The Morgan fingerprint density at radius 3 is 0.873 bits per heavy atom. The Hall–Kier alpha value is -2.11. The van der Waals surface area contributed by atoms with E-state index in [1.807, 2.05) is 0 Å². The number of allylic oxidation sites excluding steroid dienone is 4. The molecule has 1 unspecified atom stereocenters. The fourth-order valence-electron chi connectivity index (χ4n) is 8.26. The van der Waals surface area contributed by atoms with Crippen LogP contribution in [0, 0.1) is 0 Å². The SMILES string of the molecule is CCCCC/C=C\C=C/CCCCCCCCC(=O)OC(COC(=O)CCCCCCCCCCCCC)COC(=O)CCCCCCCCCCCCCCCCCCCCC. The average molecular weight is 887 g/mol. The van der Waals surface area contributed by atoms with Crippen LogP contribution in [0.25, 0.3) is 0 Å². The van der Waals surface area contributed by atoms with E-state index in [4.69, 9.17) is 14.2 Å². The summed E-state index contributed by atoms with van der Waals surface area (Å²) < 4.78 is 16.8. The Kier molecular flexibility index (Phi) is 50.8. The number of hydrogen-bond acceptors (Lipinski definition) is 6. The molecule has 1 atom stereocenters. The summed E-state index contributed by atoms with van der Waals surface area (Å²) in [7, 11) is 0. The zero-order valence-electron chi connectivity index (χ0n) is 42.4. The number of carbonyl (C=O) groups excluding carboxylic acids is 3. The van der Waals surface area contributed by atoms with Crippen molar-refractivity contribution in [2.75, 3.05) is 13.2 Å². The van der Waals surface area contributed by atoms with Gasteiger partial charge in [-0.05, 0) is 44.9 Å². The van der Waals surface area contributed by atoms with Gasteiger partial charge in [0.15, 0.2) is 6.10 Å². The third kappa shape index (κ3) is 50.7. The molecule has 0 spiro atoms. The molecule has 0 aliphatic rings. The summed E-state index contributed by atoms with van der Waals surface area (Å²) in [6.07, 6.45) is 60.2. The van der Waals surface area contributed by atoms with Crippen molar-refractivity contribution in [3.63, 3.8) is 0 Å². The van der Waals surface area contributed by atoms with E-state index in [1.165, 1.54) is 199 Å². The van der Waals surface area contributed by atoms with Crippen molar-refractivity contribution >= 4 is 17.9 Å². The van der Waals surface area contributed by atoms with Crippen LogP contribution in [0.4, 0.5) is 0 Å². The van der Waals surface area contributed by atoms with E-state index >= 15 is 0 Å². The zero-order valence-corrected chi connectivity index (χ0v) is 42.4. The molecule has 0 aliphatic carbocycles. The predicted octanol–water partition coefficient (Wildman–Crippen LogP) is 18.3. The highest BCUT2D eigenvalue weighted by molar-refractivity contribution is 5.71. The van der Waals surface area contributed by atoms with E-state index in [-0.39, 0.29) is 31.1 Å². The van der Waals surface area contributed by atoms with Crippen LogP contribution >= 0.6 is 0 Å². The standard InChI is InChI=1S/C57H106O6/c1-4-7-10-13-16-19-22-24-26-27-28-29-31-32-35-38-41-44-47-50-56(59)62-53-54(52-61-55(58)49-46-43-40-37-34-21-18-15-12-9-6-3)63-57(60)51-48-45-42-39-36-33-30-25-23-20-17-14-11-8-5-2/h17,20,23,25,54H,4-16,18-19,21-22,24,26-53H2,1-3H3/b20-17-,25-23-. The van der Waals surface area contributed by atoms with Crippen LogP contribution in [-0.2, 0) is 28.6 Å². The van der Waals surface area contributed by atoms with E-state index in [9.17, 15) is 14.4 Å². The zero-order chi connectivity index (χ0) is 45.8. The van der Waals surface area contributed by atoms with E-state index in [2.05, 4.69) is 45.1 Å². The second-order valence-electron chi connectivity index (χ2n) is 18.9. The molecule has 0 radical (unpaired) electrons. The molecule has 0 aromatic carbocycles. The highest BCUT2D eigenvalue weighted by Crippen LogP contribution is 2.17. The summed E-state index contributed by atoms with van der Waals surface area (Å²) in [5, 5.41) is 0. The van der Waals surface area contributed by atoms with Crippen LogP contribution < -0.4 is 0 Å². The van der Waals surface area contributed by atoms with Crippen molar-refractivity contribution in [3.8, 4) is 0 Å². The van der Waals surface area contributed by atoms with Crippen molar-refractivity contribution in [1.82, 2.24) is 0 Å². The third-order valence-corrected chi connectivity index (χ3v) is 12.5. The van der Waals surface area contributed by atoms with Gasteiger partial charge >= 0.3 is 17.9 Å². The van der Waals surface area contributed by atoms with Crippen molar-refractivity contribution in [1.29, 1.82) is 0 Å². The van der Waals surface area contributed by atoms with Crippen molar-refractivity contribution in [2.45, 2.75) is 309 Å². The van der Waals surface area contributed by atoms with Gasteiger partial charge in [0, 0.05) is 19.3 Å². The lowest BCUT2D eigenvalue weighted by atomic mass is 10.0. The minimum atomic E-state index is -0.771. The molecule has 6 nitrogen and oxygen atoms in total. The van der Waals surface area contributed by atoms with E-state index in [0.29, 0.717) is 19.3 Å². The molecular formula is C57H106O6. The summed E-state index contributed by atoms with van der Waals surface area (Å²) in [5.41, 5.74) is 0. The van der Waals surface area contributed by atoms with Gasteiger partial charge in [0.1, 0.15) is 13.2 Å². The first-order valence-electron chi connectivity index (χ1n) is 27.9. The van der Waals surface area contributed by atoms with Crippen LogP contribution in [-0.4, -0.2) is 37.2 Å². The smallest absolute Gasteiger partial charge is 0.306 e. The average Bonchev–Trinajstić information content (AvgIpc) is 3.28. The molecule has 370 valence electrons. The molecule has 0 aromatic rings. The first-order chi connectivity index (χ1) is 31.0. The van der Waals surface area contributed by atoms with Gasteiger partial charge in [0.2, 0.25) is 0 Å². The topological polar surface area (TPSA) is 78.9 Å². The molecule has 6 heteroatoms. The van der Waals surface area contributed by atoms with Crippen LogP contribution in [0.1, 0.15) is 303 Å². The molecule has 0 N–H and O–H groups in total. The van der Waals surface area contributed by atoms with Gasteiger partial charge in [-0.1, -0.05) is 263 Å². The molecular weight excluding hydrogens is 781 g/mol. The van der Waals surface area contributed by atoms with Gasteiger partial charge in [-0.25, -0.2) is 0 Å². The second kappa shape index (κ2) is 52.5. The summed E-state index contributed by atoms with van der Waals surface area (Å²) >= 11 is 0. The quantitative estimate of drug-likeness (QED) is 0.0262. The highest BCUT2D eigenvalue weighted by atomic mass is 16.6. The van der Waals surface area contributed by atoms with Crippen molar-refractivity contribution < 1.29 is 28.6 Å². The second-order valence-corrected chi connectivity index (χ2v) is 18.9. The fourth-order valence-corrected chi connectivity index (χ4v) is 8.26. The minimum absolute atomic E-state index is 0.0709. The predicted molar refractivity (Wildman–Crippen MR) is 270 cm³/mol. The third-order valence-electron chi connectivity index (χ3n) is 12.5. The fraction of sp³-hybridized carbons (Fsp3) is 0.877. The lowest BCUT2D eigenvalue weighted by molar-refractivity contribution is -0.167. The Balaban J connectivity index is 4.29. The number of hydrogen-bond donors (Lipinski definition) is 0. The van der Waals surface area contributed by atoms with Crippen molar-refractivity contribution in [2.24, 2.45) is 0 Å². The molecule has 63 heavy (non-hydrogen) atoms. The molecule has 0 heterocycles. The molecule has 0 aliphatic heterocycles. The molecule has 0 fully saturated rings. The molecule has 0 saturated heterocycles. The molecule has 0 rings (SSSR count). The number of carbonyl (C=O) groups is 3. The maximum atomic E-state index is 12.8. The van der Waals surface area contributed by atoms with Gasteiger partial charge in [-0.15, -0.1) is 0 Å². The van der Waals surface area contributed by atoms with E-state index < -0.39 is 6.10 Å². The molecule has 0 bridgehead atoms. The van der Waals surface area contributed by atoms with Gasteiger partial charge in [0.05, 0.1) is 0 Å². The van der Waals surface area contributed by atoms with Gasteiger partial charge in [-0.2, -0.15) is 0 Å². The number of ether oxygens (including phenoxy) is 3. The number of esters is 3. The Bertz CT molecular complexity index is 1020. The summed E-state index contributed by atoms with van der Waals surface area (Å²) in [6.45, 7) is 6.63. The molecule has 0 saturated carbocycles. The summed E-state index contributed by atoms with van der Waals surface area (Å²) in [5.74, 6) is -0.865. The van der Waals surface area contributed by atoms with E-state index in [0.717, 1.165) is 64.2 Å².